The van der Waals surface area contributed by atoms with E-state index in [1.807, 2.05) is 39.8 Å². The molecular formula is C9H16BrN. The summed E-state index contributed by atoms with van der Waals surface area (Å²) >= 11 is 3.28. The molecule has 0 aliphatic rings. The third-order valence-electron chi connectivity index (χ3n) is 0.709. The van der Waals surface area contributed by atoms with E-state index in [1.165, 1.54) is 0 Å². The first-order valence-electron chi connectivity index (χ1n) is 3.77. The molecule has 0 fully saturated rings. The highest BCUT2D eigenvalue weighted by Crippen LogP contribution is 1.98. The van der Waals surface area contributed by atoms with Gasteiger partial charge in [-0.2, -0.15) is 0 Å². The Hall–Kier alpha value is -0.370. The molecule has 0 radical (unpaired) electrons. The summed E-state index contributed by atoms with van der Waals surface area (Å²) in [5.74, 6) is 0. The SMILES string of the molecule is CC.C\C=C/N=C\C(Br)=C/C. The van der Waals surface area contributed by atoms with Crippen LogP contribution in [0.3, 0.4) is 0 Å². The minimum atomic E-state index is 1.00. The Labute approximate surface area is 78.0 Å². The molecule has 11 heavy (non-hydrogen) atoms. The molecule has 0 saturated carbocycles. The maximum atomic E-state index is 3.94. The van der Waals surface area contributed by atoms with Crippen molar-refractivity contribution in [3.63, 3.8) is 0 Å². The van der Waals surface area contributed by atoms with Crippen molar-refractivity contribution in [1.82, 2.24) is 0 Å². The Morgan fingerprint density at radius 2 is 1.82 bits per heavy atom. The van der Waals surface area contributed by atoms with Crippen molar-refractivity contribution in [2.75, 3.05) is 0 Å². The molecule has 0 bridgehead atoms. The van der Waals surface area contributed by atoms with Crippen molar-refractivity contribution in [3.8, 4) is 0 Å². The minimum absolute atomic E-state index is 1.00. The van der Waals surface area contributed by atoms with E-state index < -0.39 is 0 Å². The van der Waals surface area contributed by atoms with Gasteiger partial charge in [-0.3, -0.25) is 4.99 Å². The Bertz CT molecular complexity index is 146. The Morgan fingerprint density at radius 1 is 1.27 bits per heavy atom. The third-order valence-corrected chi connectivity index (χ3v) is 1.37. The van der Waals surface area contributed by atoms with Crippen LogP contribution in [0.25, 0.3) is 0 Å². The van der Waals surface area contributed by atoms with E-state index in [0.717, 1.165) is 4.48 Å². The van der Waals surface area contributed by atoms with Crippen molar-refractivity contribution in [3.05, 3.63) is 22.8 Å². The van der Waals surface area contributed by atoms with Crippen LogP contribution in [0.5, 0.6) is 0 Å². The fourth-order valence-electron chi connectivity index (χ4n) is 0.275. The van der Waals surface area contributed by atoms with Crippen LogP contribution in [0.15, 0.2) is 27.8 Å². The smallest absolute Gasteiger partial charge is 0.0406 e. The van der Waals surface area contributed by atoms with Crippen LogP contribution in [-0.2, 0) is 0 Å². The molecule has 0 saturated heterocycles. The van der Waals surface area contributed by atoms with Crippen LogP contribution in [0.2, 0.25) is 0 Å². The molecule has 0 rings (SSSR count). The van der Waals surface area contributed by atoms with Crippen LogP contribution >= 0.6 is 15.9 Å². The van der Waals surface area contributed by atoms with E-state index in [1.54, 1.807) is 12.4 Å². The van der Waals surface area contributed by atoms with E-state index in [2.05, 4.69) is 20.9 Å². The zero-order chi connectivity index (χ0) is 9.11. The summed E-state index contributed by atoms with van der Waals surface area (Å²) in [5.41, 5.74) is 0. The van der Waals surface area contributed by atoms with E-state index in [4.69, 9.17) is 0 Å². The Kier molecular flexibility index (Phi) is 14.8. The third kappa shape index (κ3) is 12.8. The molecule has 0 atom stereocenters. The highest BCUT2D eigenvalue weighted by atomic mass is 79.9. The number of hydrogen-bond acceptors (Lipinski definition) is 1. The summed E-state index contributed by atoms with van der Waals surface area (Å²) in [5, 5.41) is 0. The molecule has 0 amide bonds. The highest BCUT2D eigenvalue weighted by molar-refractivity contribution is 9.12. The molecule has 0 aliphatic carbocycles. The second-order valence-corrected chi connectivity index (χ2v) is 2.35. The molecule has 0 aromatic heterocycles. The first-order chi connectivity index (χ1) is 5.31. The van der Waals surface area contributed by atoms with Gasteiger partial charge in [-0.1, -0.05) is 26.0 Å². The van der Waals surface area contributed by atoms with E-state index in [-0.39, 0.29) is 0 Å². The normalized spacial score (nSPS) is 11.9. The van der Waals surface area contributed by atoms with Gasteiger partial charge in [0.15, 0.2) is 0 Å². The van der Waals surface area contributed by atoms with Gasteiger partial charge in [-0.25, -0.2) is 0 Å². The van der Waals surface area contributed by atoms with Gasteiger partial charge < -0.3 is 0 Å². The maximum absolute atomic E-state index is 3.94. The average Bonchev–Trinajstić information content (AvgIpc) is 2.08. The topological polar surface area (TPSA) is 12.4 Å². The quantitative estimate of drug-likeness (QED) is 0.623. The van der Waals surface area contributed by atoms with Crippen LogP contribution in [-0.4, -0.2) is 6.21 Å². The summed E-state index contributed by atoms with van der Waals surface area (Å²) in [6, 6.07) is 0. The lowest BCUT2D eigenvalue weighted by molar-refractivity contribution is 1.50. The second-order valence-electron chi connectivity index (χ2n) is 1.43. The Morgan fingerprint density at radius 3 is 2.18 bits per heavy atom. The lowest BCUT2D eigenvalue weighted by atomic mass is 10.5. The largest absolute Gasteiger partial charge is 0.264 e. The summed E-state index contributed by atoms with van der Waals surface area (Å²) in [6.07, 6.45) is 7.31. The number of allylic oxidation sites excluding steroid dienone is 3. The molecule has 2 heteroatoms. The number of hydrogen-bond donors (Lipinski definition) is 0. The van der Waals surface area contributed by atoms with Crippen molar-refractivity contribution >= 4 is 22.1 Å². The molecule has 1 nitrogen and oxygen atoms in total. The van der Waals surface area contributed by atoms with E-state index in [9.17, 15) is 0 Å². The van der Waals surface area contributed by atoms with Gasteiger partial charge in [0.05, 0.1) is 0 Å². The van der Waals surface area contributed by atoms with Gasteiger partial charge >= 0.3 is 0 Å². The van der Waals surface area contributed by atoms with Gasteiger partial charge in [-0.15, -0.1) is 0 Å². The first-order valence-corrected chi connectivity index (χ1v) is 4.56. The molecule has 64 valence electrons. The summed E-state index contributed by atoms with van der Waals surface area (Å²) in [4.78, 5) is 3.94. The number of nitrogens with zero attached hydrogens (tertiary/aromatic N) is 1. The maximum Gasteiger partial charge on any atom is 0.0406 e. The predicted molar refractivity (Wildman–Crippen MR) is 57.3 cm³/mol. The van der Waals surface area contributed by atoms with Crippen LogP contribution in [0.1, 0.15) is 27.7 Å². The van der Waals surface area contributed by atoms with Gasteiger partial charge in [-0.05, 0) is 29.8 Å². The minimum Gasteiger partial charge on any atom is -0.264 e. The van der Waals surface area contributed by atoms with Gasteiger partial charge in [0.25, 0.3) is 0 Å². The lowest BCUT2D eigenvalue weighted by Crippen LogP contribution is -1.67. The van der Waals surface area contributed by atoms with E-state index >= 15 is 0 Å². The van der Waals surface area contributed by atoms with Gasteiger partial charge in [0.2, 0.25) is 0 Å². The van der Waals surface area contributed by atoms with Crippen molar-refractivity contribution in [1.29, 1.82) is 0 Å². The molecular weight excluding hydrogens is 202 g/mol. The molecule has 0 aromatic carbocycles. The van der Waals surface area contributed by atoms with Gasteiger partial charge in [0, 0.05) is 16.9 Å². The zero-order valence-electron chi connectivity index (χ0n) is 7.63. The van der Waals surface area contributed by atoms with Crippen LogP contribution in [0, 0.1) is 0 Å². The molecule has 0 heterocycles. The van der Waals surface area contributed by atoms with E-state index in [0.29, 0.717) is 0 Å². The lowest BCUT2D eigenvalue weighted by Gasteiger charge is -1.79. The second kappa shape index (κ2) is 12.3. The number of rotatable bonds is 2. The van der Waals surface area contributed by atoms with Crippen LogP contribution < -0.4 is 0 Å². The number of halogens is 1. The predicted octanol–water partition coefficient (Wildman–Crippen LogP) is 3.92. The average molecular weight is 218 g/mol. The monoisotopic (exact) mass is 217 g/mol. The zero-order valence-corrected chi connectivity index (χ0v) is 9.22. The molecule has 0 spiro atoms. The fourth-order valence-corrected chi connectivity index (χ4v) is 0.393. The summed E-state index contributed by atoms with van der Waals surface area (Å²) in [7, 11) is 0. The molecule has 0 aliphatic heterocycles. The van der Waals surface area contributed by atoms with Crippen LogP contribution in [0.4, 0.5) is 0 Å². The van der Waals surface area contributed by atoms with Gasteiger partial charge in [0.1, 0.15) is 0 Å². The highest BCUT2D eigenvalue weighted by Gasteiger charge is 1.75. The first kappa shape index (κ1) is 13.2. The van der Waals surface area contributed by atoms with Crippen molar-refractivity contribution in [2.24, 2.45) is 4.99 Å². The number of aliphatic imine (C=N–C) groups is 1. The summed E-state index contributed by atoms with van der Waals surface area (Å²) in [6.45, 7) is 7.88. The molecule has 0 unspecified atom stereocenters. The van der Waals surface area contributed by atoms with Crippen molar-refractivity contribution < 1.29 is 0 Å². The van der Waals surface area contributed by atoms with Crippen molar-refractivity contribution in [2.45, 2.75) is 27.7 Å². The standard InChI is InChI=1S/C7H10BrN.C2H6/c1-3-5-9-6-7(8)4-2;1-2/h3-6H,1-2H3;1-2H3/b5-3-,7-4+,9-6-;. The summed E-state index contributed by atoms with van der Waals surface area (Å²) < 4.78 is 1.00. The molecule has 0 N–H and O–H groups in total. The Balaban J connectivity index is 0. The molecule has 0 aromatic rings. The fraction of sp³-hybridized carbons (Fsp3) is 0.444.